The monoisotopic (exact) mass is 246 g/mol. The smallest absolute Gasteiger partial charge is 0.418 e. The van der Waals surface area contributed by atoms with E-state index in [1.165, 1.54) is 0 Å². The Morgan fingerprint density at radius 3 is 2.83 bits per heavy atom. The normalized spacial score (nSPS) is 12.6. The fraction of sp³-hybridized carbons (Fsp3) is 0.357. The number of hydrogen-bond acceptors (Lipinski definition) is 3. The van der Waals surface area contributed by atoms with Crippen molar-refractivity contribution in [1.82, 2.24) is 4.57 Å². The number of nitrogens with two attached hydrogens (primary N) is 1. The molecule has 4 nitrogen and oxygen atoms in total. The first kappa shape index (κ1) is 12.6. The van der Waals surface area contributed by atoms with E-state index in [0.29, 0.717) is 6.61 Å². The molecule has 0 radical (unpaired) electrons. The first-order valence-corrected chi connectivity index (χ1v) is 6.15. The molecule has 0 bridgehead atoms. The summed E-state index contributed by atoms with van der Waals surface area (Å²) in [4.78, 5) is 11.9. The molecule has 0 unspecified atom stereocenters. The fourth-order valence-electron chi connectivity index (χ4n) is 2.10. The molecule has 0 spiro atoms. The molecule has 0 amide bonds. The summed E-state index contributed by atoms with van der Waals surface area (Å²) in [7, 11) is 0. The van der Waals surface area contributed by atoms with Crippen molar-refractivity contribution in [2.24, 2.45) is 5.73 Å². The standard InChI is InChI=1S/C14H18N2O2/c1-3-18-14(17)16-9-11(8-10(2)15)12-6-4-5-7-13(12)16/h4-7,9-10H,3,8,15H2,1-2H3/t10-/m1/s1. The van der Waals surface area contributed by atoms with Crippen molar-refractivity contribution >= 4 is 17.0 Å². The van der Waals surface area contributed by atoms with Crippen LogP contribution in [0.1, 0.15) is 19.4 Å². The lowest BCUT2D eigenvalue weighted by Gasteiger charge is -2.03. The van der Waals surface area contributed by atoms with Crippen LogP contribution in [0, 0.1) is 0 Å². The molecule has 0 aliphatic heterocycles. The number of nitrogens with zero attached hydrogens (tertiary/aromatic N) is 1. The SMILES string of the molecule is CCOC(=O)n1cc(C[C@@H](C)N)c2ccccc21. The van der Waals surface area contributed by atoms with Crippen LogP contribution in [-0.4, -0.2) is 23.3 Å². The van der Waals surface area contributed by atoms with E-state index >= 15 is 0 Å². The summed E-state index contributed by atoms with van der Waals surface area (Å²) in [5.41, 5.74) is 7.78. The van der Waals surface area contributed by atoms with Crippen molar-refractivity contribution in [3.8, 4) is 0 Å². The predicted molar refractivity (Wildman–Crippen MR) is 71.7 cm³/mol. The van der Waals surface area contributed by atoms with Gasteiger partial charge in [-0.05, 0) is 31.9 Å². The second kappa shape index (κ2) is 5.23. The van der Waals surface area contributed by atoms with Crippen molar-refractivity contribution < 1.29 is 9.53 Å². The van der Waals surface area contributed by atoms with Crippen molar-refractivity contribution in [2.75, 3.05) is 6.61 Å². The van der Waals surface area contributed by atoms with Crippen LogP contribution in [0.15, 0.2) is 30.5 Å². The number of benzene rings is 1. The molecule has 0 saturated carbocycles. The van der Waals surface area contributed by atoms with Crippen molar-refractivity contribution in [1.29, 1.82) is 0 Å². The minimum Gasteiger partial charge on any atom is -0.449 e. The fourth-order valence-corrected chi connectivity index (χ4v) is 2.10. The number of aromatic nitrogens is 1. The predicted octanol–water partition coefficient (Wildman–Crippen LogP) is 2.54. The first-order chi connectivity index (χ1) is 8.63. The maximum Gasteiger partial charge on any atom is 0.418 e. The summed E-state index contributed by atoms with van der Waals surface area (Å²) in [6, 6.07) is 7.85. The van der Waals surface area contributed by atoms with E-state index in [1.807, 2.05) is 37.4 Å². The average Bonchev–Trinajstić information content (AvgIpc) is 2.68. The van der Waals surface area contributed by atoms with Gasteiger partial charge in [0.25, 0.3) is 0 Å². The Morgan fingerprint density at radius 1 is 1.44 bits per heavy atom. The highest BCUT2D eigenvalue weighted by Crippen LogP contribution is 2.22. The van der Waals surface area contributed by atoms with Gasteiger partial charge in [0, 0.05) is 17.6 Å². The van der Waals surface area contributed by atoms with Crippen LogP contribution in [0.5, 0.6) is 0 Å². The lowest BCUT2D eigenvalue weighted by molar-refractivity contribution is 0.155. The summed E-state index contributed by atoms with van der Waals surface area (Å²) in [6.45, 7) is 4.12. The third-order valence-electron chi connectivity index (χ3n) is 2.80. The summed E-state index contributed by atoms with van der Waals surface area (Å²) in [5.74, 6) is 0. The number of rotatable bonds is 3. The van der Waals surface area contributed by atoms with Gasteiger partial charge >= 0.3 is 6.09 Å². The van der Waals surface area contributed by atoms with Gasteiger partial charge in [-0.3, -0.25) is 4.57 Å². The molecule has 1 heterocycles. The maximum absolute atomic E-state index is 11.9. The van der Waals surface area contributed by atoms with Crippen LogP contribution in [0.3, 0.4) is 0 Å². The van der Waals surface area contributed by atoms with Gasteiger partial charge in [0.1, 0.15) is 0 Å². The van der Waals surface area contributed by atoms with Gasteiger partial charge in [0.15, 0.2) is 0 Å². The Balaban J connectivity index is 2.50. The van der Waals surface area contributed by atoms with Crippen LogP contribution in [-0.2, 0) is 11.2 Å². The van der Waals surface area contributed by atoms with E-state index < -0.39 is 0 Å². The molecular formula is C14H18N2O2. The molecule has 0 aliphatic rings. The molecule has 2 rings (SSSR count). The number of hydrogen-bond donors (Lipinski definition) is 1. The van der Waals surface area contributed by atoms with Crippen LogP contribution < -0.4 is 5.73 Å². The Hall–Kier alpha value is -1.81. The number of carbonyl (C=O) groups is 1. The Bertz CT molecular complexity index is 558. The molecule has 2 aromatic rings. The summed E-state index contributed by atoms with van der Waals surface area (Å²) in [6.07, 6.45) is 2.23. The van der Waals surface area contributed by atoms with Crippen molar-refractivity contribution in [3.63, 3.8) is 0 Å². The van der Waals surface area contributed by atoms with Crippen LogP contribution in [0.25, 0.3) is 10.9 Å². The highest BCUT2D eigenvalue weighted by Gasteiger charge is 2.14. The van der Waals surface area contributed by atoms with Gasteiger partial charge in [0.2, 0.25) is 0 Å². The quantitative estimate of drug-likeness (QED) is 0.905. The average molecular weight is 246 g/mol. The molecule has 18 heavy (non-hydrogen) atoms. The minimum absolute atomic E-state index is 0.0615. The summed E-state index contributed by atoms with van der Waals surface area (Å²) in [5, 5.41) is 1.06. The lowest BCUT2D eigenvalue weighted by atomic mass is 10.1. The Morgan fingerprint density at radius 2 is 2.17 bits per heavy atom. The highest BCUT2D eigenvalue weighted by atomic mass is 16.5. The van der Waals surface area contributed by atoms with Gasteiger partial charge in [-0.15, -0.1) is 0 Å². The van der Waals surface area contributed by atoms with Crippen molar-refractivity contribution in [3.05, 3.63) is 36.0 Å². The highest BCUT2D eigenvalue weighted by molar-refractivity contribution is 5.92. The largest absolute Gasteiger partial charge is 0.449 e. The molecule has 0 aliphatic carbocycles. The van der Waals surface area contributed by atoms with Crippen LogP contribution in [0.4, 0.5) is 4.79 Å². The van der Waals surface area contributed by atoms with E-state index in [4.69, 9.17) is 10.5 Å². The number of carbonyl (C=O) groups excluding carboxylic acids is 1. The molecule has 0 saturated heterocycles. The van der Waals surface area contributed by atoms with E-state index in [1.54, 1.807) is 11.5 Å². The van der Waals surface area contributed by atoms with E-state index in [-0.39, 0.29) is 12.1 Å². The van der Waals surface area contributed by atoms with Gasteiger partial charge in [-0.2, -0.15) is 0 Å². The maximum atomic E-state index is 11.9. The van der Waals surface area contributed by atoms with Crippen molar-refractivity contribution in [2.45, 2.75) is 26.3 Å². The molecule has 0 fully saturated rings. The third-order valence-corrected chi connectivity index (χ3v) is 2.80. The zero-order chi connectivity index (χ0) is 13.1. The van der Waals surface area contributed by atoms with Gasteiger partial charge in [-0.25, -0.2) is 4.79 Å². The topological polar surface area (TPSA) is 57.2 Å². The lowest BCUT2D eigenvalue weighted by Crippen LogP contribution is -2.17. The first-order valence-electron chi connectivity index (χ1n) is 6.15. The number of para-hydroxylation sites is 1. The summed E-state index contributed by atoms with van der Waals surface area (Å²) >= 11 is 0. The Labute approximate surface area is 106 Å². The van der Waals surface area contributed by atoms with E-state index in [2.05, 4.69) is 0 Å². The van der Waals surface area contributed by atoms with Crippen LogP contribution in [0.2, 0.25) is 0 Å². The summed E-state index contributed by atoms with van der Waals surface area (Å²) < 4.78 is 6.60. The molecule has 4 heteroatoms. The van der Waals surface area contributed by atoms with Gasteiger partial charge in [-0.1, -0.05) is 18.2 Å². The van der Waals surface area contributed by atoms with Crippen LogP contribution >= 0.6 is 0 Å². The van der Waals surface area contributed by atoms with Gasteiger partial charge < -0.3 is 10.5 Å². The second-order valence-corrected chi connectivity index (χ2v) is 4.42. The molecule has 96 valence electrons. The van der Waals surface area contributed by atoms with E-state index in [0.717, 1.165) is 22.9 Å². The van der Waals surface area contributed by atoms with Gasteiger partial charge in [0.05, 0.1) is 12.1 Å². The second-order valence-electron chi connectivity index (χ2n) is 4.42. The van der Waals surface area contributed by atoms with E-state index in [9.17, 15) is 4.79 Å². The minimum atomic E-state index is -0.343. The zero-order valence-electron chi connectivity index (χ0n) is 10.7. The zero-order valence-corrected chi connectivity index (χ0v) is 10.7. The third kappa shape index (κ3) is 2.38. The molecule has 1 atom stereocenters. The molecule has 1 aromatic heterocycles. The number of fused-ring (bicyclic) bond motifs is 1. The molecule has 2 N–H and O–H groups in total. The Kier molecular flexibility index (Phi) is 3.67. The number of ether oxygens (including phenoxy) is 1. The molecular weight excluding hydrogens is 228 g/mol. The molecule has 1 aromatic carbocycles.